The first-order valence-electron chi connectivity index (χ1n) is 9.46. The van der Waals surface area contributed by atoms with Crippen molar-refractivity contribution >= 4 is 11.9 Å². The van der Waals surface area contributed by atoms with Gasteiger partial charge in [0.05, 0.1) is 18.6 Å². The molecule has 13 heteroatoms. The van der Waals surface area contributed by atoms with E-state index in [-0.39, 0.29) is 37.7 Å². The monoisotopic (exact) mass is 463 g/mol. The first-order valence-corrected chi connectivity index (χ1v) is 9.46. The quantitative estimate of drug-likeness (QED) is 0.648. The van der Waals surface area contributed by atoms with Gasteiger partial charge in [0.2, 0.25) is 17.7 Å². The van der Waals surface area contributed by atoms with Crippen LogP contribution in [-0.2, 0) is 17.1 Å². The summed E-state index contributed by atoms with van der Waals surface area (Å²) in [7, 11) is 1.08. The number of amides is 1. The first kappa shape index (κ1) is 23.5. The predicted octanol–water partition coefficient (Wildman–Crippen LogP) is 3.37. The third-order valence-corrected chi connectivity index (χ3v) is 5.08. The van der Waals surface area contributed by atoms with Gasteiger partial charge in [0.1, 0.15) is 5.56 Å². The van der Waals surface area contributed by atoms with Crippen LogP contribution in [0.2, 0.25) is 0 Å². The van der Waals surface area contributed by atoms with Crippen LogP contribution < -0.4 is 9.64 Å². The topological polar surface area (TPSA) is 71.5 Å². The van der Waals surface area contributed by atoms with E-state index in [2.05, 4.69) is 19.7 Å². The zero-order valence-corrected chi connectivity index (χ0v) is 17.0. The average molecular weight is 463 g/mol. The molecule has 7 nitrogen and oxygen atoms in total. The summed E-state index contributed by atoms with van der Waals surface area (Å²) in [5.74, 6) is -1.75. The molecule has 2 aromatic heterocycles. The molecule has 1 aliphatic heterocycles. The van der Waals surface area contributed by atoms with Crippen molar-refractivity contribution in [2.75, 3.05) is 38.2 Å². The number of methoxy groups -OCH3 is 1. The molecule has 1 unspecified atom stereocenters. The average Bonchev–Trinajstić information content (AvgIpc) is 2.76. The number of pyridine rings is 1. The third kappa shape index (κ3) is 5.02. The van der Waals surface area contributed by atoms with Crippen LogP contribution in [0.15, 0.2) is 24.7 Å². The Morgan fingerprint density at radius 2 is 1.56 bits per heavy atom. The Labute approximate surface area is 179 Å². The summed E-state index contributed by atoms with van der Waals surface area (Å²) in [6, 6.07) is 0.848. The molecule has 1 fully saturated rings. The Morgan fingerprint density at radius 1 is 0.969 bits per heavy atom. The molecule has 1 aliphatic rings. The minimum atomic E-state index is -4.69. The number of alkyl halides is 6. The van der Waals surface area contributed by atoms with E-state index >= 15 is 0 Å². The van der Waals surface area contributed by atoms with Crippen LogP contribution in [0.5, 0.6) is 5.88 Å². The van der Waals surface area contributed by atoms with Gasteiger partial charge in [-0.1, -0.05) is 0 Å². The normalized spacial score (nSPS) is 16.1. The Morgan fingerprint density at radius 3 is 2.06 bits per heavy atom. The summed E-state index contributed by atoms with van der Waals surface area (Å²) in [6.07, 6.45) is -6.68. The van der Waals surface area contributed by atoms with Crippen molar-refractivity contribution in [1.29, 1.82) is 0 Å². The van der Waals surface area contributed by atoms with E-state index in [1.807, 2.05) is 0 Å². The van der Waals surface area contributed by atoms with Gasteiger partial charge in [0.15, 0.2) is 0 Å². The lowest BCUT2D eigenvalue weighted by Gasteiger charge is -2.36. The number of anilines is 1. The molecule has 0 bridgehead atoms. The largest absolute Gasteiger partial charge is 0.481 e. The van der Waals surface area contributed by atoms with Gasteiger partial charge in [-0.3, -0.25) is 4.79 Å². The molecule has 32 heavy (non-hydrogen) atoms. The minimum absolute atomic E-state index is 0.0941. The van der Waals surface area contributed by atoms with Gasteiger partial charge in [-0.25, -0.2) is 15.0 Å². The number of aromatic nitrogens is 3. The van der Waals surface area contributed by atoms with Crippen molar-refractivity contribution in [3.63, 3.8) is 0 Å². The fraction of sp³-hybridized carbons (Fsp3) is 0.474. The zero-order valence-electron chi connectivity index (χ0n) is 17.0. The predicted molar refractivity (Wildman–Crippen MR) is 100 cm³/mol. The van der Waals surface area contributed by atoms with Crippen molar-refractivity contribution < 1.29 is 35.9 Å². The molecule has 1 saturated heterocycles. The molecule has 1 amide bonds. The second-order valence-electron chi connectivity index (χ2n) is 7.13. The summed E-state index contributed by atoms with van der Waals surface area (Å²) in [5, 5.41) is 0. The Hall–Kier alpha value is -3.12. The summed E-state index contributed by atoms with van der Waals surface area (Å²) >= 11 is 0. The molecular weight excluding hydrogens is 444 g/mol. The number of hydrogen-bond acceptors (Lipinski definition) is 6. The van der Waals surface area contributed by atoms with Crippen molar-refractivity contribution in [2.45, 2.75) is 25.2 Å². The number of hydrogen-bond donors (Lipinski definition) is 0. The molecule has 0 saturated carbocycles. The molecule has 3 rings (SSSR count). The maximum atomic E-state index is 13.2. The van der Waals surface area contributed by atoms with E-state index < -0.39 is 41.2 Å². The van der Waals surface area contributed by atoms with Crippen LogP contribution >= 0.6 is 0 Å². The second kappa shape index (κ2) is 8.79. The third-order valence-electron chi connectivity index (χ3n) is 5.08. The van der Waals surface area contributed by atoms with E-state index in [0.717, 1.165) is 13.2 Å². The number of rotatable bonds is 4. The molecule has 1 atom stereocenters. The van der Waals surface area contributed by atoms with E-state index in [4.69, 9.17) is 0 Å². The second-order valence-corrected chi connectivity index (χ2v) is 7.13. The maximum Gasteiger partial charge on any atom is 0.421 e. The highest BCUT2D eigenvalue weighted by Gasteiger charge is 2.37. The lowest BCUT2D eigenvalue weighted by Crippen LogP contribution is -2.50. The van der Waals surface area contributed by atoms with Gasteiger partial charge < -0.3 is 14.5 Å². The zero-order chi connectivity index (χ0) is 23.7. The highest BCUT2D eigenvalue weighted by atomic mass is 19.4. The SMILES string of the molecule is COc1ncc(C(C)C(=O)N2CCN(c3ncc(C(F)(F)F)cn3)CC2)cc1C(F)(F)F. The van der Waals surface area contributed by atoms with Gasteiger partial charge in [0.25, 0.3) is 0 Å². The molecule has 0 N–H and O–H groups in total. The lowest BCUT2D eigenvalue weighted by atomic mass is 9.99. The minimum Gasteiger partial charge on any atom is -0.481 e. The number of nitrogens with zero attached hydrogens (tertiary/aromatic N) is 5. The maximum absolute atomic E-state index is 13.2. The number of halogens is 6. The smallest absolute Gasteiger partial charge is 0.421 e. The van der Waals surface area contributed by atoms with Crippen molar-refractivity contribution in [2.24, 2.45) is 0 Å². The van der Waals surface area contributed by atoms with Gasteiger partial charge in [-0.2, -0.15) is 26.3 Å². The summed E-state index contributed by atoms with van der Waals surface area (Å²) in [5.41, 5.74) is -1.94. The first-order chi connectivity index (χ1) is 14.9. The fourth-order valence-corrected chi connectivity index (χ4v) is 3.25. The number of ether oxygens (including phenoxy) is 1. The van der Waals surface area contributed by atoms with E-state index in [0.29, 0.717) is 12.4 Å². The van der Waals surface area contributed by atoms with Crippen LogP contribution in [0.25, 0.3) is 0 Å². The van der Waals surface area contributed by atoms with Gasteiger partial charge in [-0.15, -0.1) is 0 Å². The van der Waals surface area contributed by atoms with E-state index in [1.54, 1.807) is 4.90 Å². The number of carbonyl (C=O) groups excluding carboxylic acids is 1. The van der Waals surface area contributed by atoms with E-state index in [1.165, 1.54) is 18.0 Å². The molecule has 3 heterocycles. The van der Waals surface area contributed by atoms with E-state index in [9.17, 15) is 31.1 Å². The van der Waals surface area contributed by atoms with Gasteiger partial charge in [-0.05, 0) is 18.6 Å². The van der Waals surface area contributed by atoms with Gasteiger partial charge in [0, 0.05) is 44.8 Å². The Balaban J connectivity index is 1.66. The van der Waals surface area contributed by atoms with Gasteiger partial charge >= 0.3 is 12.4 Å². The molecule has 0 radical (unpaired) electrons. The highest BCUT2D eigenvalue weighted by molar-refractivity contribution is 5.83. The molecule has 0 aromatic carbocycles. The standard InChI is InChI=1S/C19H19F6N5O2/c1-11(12-7-14(19(23,24)25)15(32-2)26-8-12)16(31)29-3-5-30(6-4-29)17-27-9-13(10-28-17)18(20,21)22/h7-11H,3-6H2,1-2H3. The van der Waals surface area contributed by atoms with Crippen LogP contribution in [-0.4, -0.2) is 59.0 Å². The van der Waals surface area contributed by atoms with Crippen LogP contribution in [0.1, 0.15) is 29.5 Å². The fourth-order valence-electron chi connectivity index (χ4n) is 3.25. The van der Waals surface area contributed by atoms with Crippen molar-refractivity contribution in [1.82, 2.24) is 19.9 Å². The van der Waals surface area contributed by atoms with Crippen LogP contribution in [0.3, 0.4) is 0 Å². The van der Waals surface area contributed by atoms with Crippen LogP contribution in [0, 0.1) is 0 Å². The molecule has 0 aliphatic carbocycles. The highest BCUT2D eigenvalue weighted by Crippen LogP contribution is 2.36. The molecule has 2 aromatic rings. The number of piperazine rings is 1. The lowest BCUT2D eigenvalue weighted by molar-refractivity contribution is -0.139. The summed E-state index contributed by atoms with van der Waals surface area (Å²) in [6.45, 7) is 2.43. The van der Waals surface area contributed by atoms with Crippen molar-refractivity contribution in [3.05, 3.63) is 41.3 Å². The summed E-state index contributed by atoms with van der Waals surface area (Å²) < 4.78 is 82.3. The molecule has 0 spiro atoms. The molecular formula is C19H19F6N5O2. The summed E-state index contributed by atoms with van der Waals surface area (Å²) in [4.78, 5) is 27.1. The number of carbonyl (C=O) groups is 1. The van der Waals surface area contributed by atoms with Crippen LogP contribution in [0.4, 0.5) is 32.3 Å². The van der Waals surface area contributed by atoms with Crippen molar-refractivity contribution in [3.8, 4) is 5.88 Å². The Bertz CT molecular complexity index is 956. The molecule has 174 valence electrons. The Kier molecular flexibility index (Phi) is 6.46.